The SMILES string of the molecule is CC(C)[C@@H](NCCC1=CC(N=O)CCC1)C(=O)N1CCC(C2C=CC(Cl)=CC2)CC1. The van der Waals surface area contributed by atoms with Gasteiger partial charge in [0.1, 0.15) is 6.04 Å². The lowest BCUT2D eigenvalue weighted by molar-refractivity contribution is -0.136. The van der Waals surface area contributed by atoms with Crippen LogP contribution in [0.2, 0.25) is 0 Å². The normalized spacial score (nSPS) is 26.3. The average molecular weight is 434 g/mol. The predicted octanol–water partition coefficient (Wildman–Crippen LogP) is 5.17. The van der Waals surface area contributed by atoms with Crippen LogP contribution in [0.5, 0.6) is 0 Å². The van der Waals surface area contributed by atoms with Gasteiger partial charge in [-0.1, -0.05) is 54.4 Å². The maximum atomic E-state index is 13.2. The maximum Gasteiger partial charge on any atom is 0.239 e. The summed E-state index contributed by atoms with van der Waals surface area (Å²) in [4.78, 5) is 26.1. The van der Waals surface area contributed by atoms with Gasteiger partial charge in [0, 0.05) is 18.1 Å². The monoisotopic (exact) mass is 433 g/mol. The standard InChI is InChI=1S/C24H36ClN3O2/c1-17(2)23(26-13-10-18-4-3-5-22(16-18)27-30)24(29)28-14-11-20(12-15-28)19-6-8-21(25)9-7-19/h6,8-9,16-17,19-20,22-23,26H,3-5,7,10-15H2,1-2H3/t19?,22?,23-/m1/s1. The fourth-order valence-electron chi connectivity index (χ4n) is 4.97. The van der Waals surface area contributed by atoms with Crippen LogP contribution in [0.4, 0.5) is 0 Å². The molecule has 1 saturated heterocycles. The number of nitrogens with zero attached hydrogens (tertiary/aromatic N) is 2. The number of piperidine rings is 1. The van der Waals surface area contributed by atoms with Crippen LogP contribution in [0, 0.1) is 22.7 Å². The zero-order valence-corrected chi connectivity index (χ0v) is 19.1. The Hall–Kier alpha value is -1.46. The number of rotatable bonds is 8. The van der Waals surface area contributed by atoms with Crippen molar-refractivity contribution in [1.29, 1.82) is 0 Å². The van der Waals surface area contributed by atoms with E-state index in [9.17, 15) is 9.70 Å². The first-order valence-electron chi connectivity index (χ1n) is 11.6. The van der Waals surface area contributed by atoms with Crippen molar-refractivity contribution >= 4 is 17.5 Å². The van der Waals surface area contributed by atoms with Crippen molar-refractivity contribution in [2.75, 3.05) is 19.6 Å². The molecule has 2 unspecified atom stereocenters. The van der Waals surface area contributed by atoms with Crippen LogP contribution in [-0.2, 0) is 4.79 Å². The minimum Gasteiger partial charge on any atom is -0.341 e. The van der Waals surface area contributed by atoms with E-state index in [0.717, 1.165) is 69.6 Å². The van der Waals surface area contributed by atoms with Crippen LogP contribution >= 0.6 is 11.6 Å². The molecule has 0 aromatic heterocycles. The molecule has 1 heterocycles. The van der Waals surface area contributed by atoms with E-state index in [-0.39, 0.29) is 23.9 Å². The zero-order chi connectivity index (χ0) is 21.5. The number of likely N-dealkylation sites (tertiary alicyclic amines) is 1. The van der Waals surface area contributed by atoms with Crippen LogP contribution in [0.15, 0.2) is 40.1 Å². The second-order valence-corrected chi connectivity index (χ2v) is 9.76. The van der Waals surface area contributed by atoms with Crippen molar-refractivity contribution in [3.8, 4) is 0 Å². The van der Waals surface area contributed by atoms with Gasteiger partial charge < -0.3 is 10.2 Å². The lowest BCUT2D eigenvalue weighted by Crippen LogP contribution is -2.52. The molecule has 5 nitrogen and oxygen atoms in total. The van der Waals surface area contributed by atoms with E-state index in [4.69, 9.17) is 11.6 Å². The number of halogens is 1. The number of carbonyl (C=O) groups excluding carboxylic acids is 1. The molecule has 3 aliphatic rings. The smallest absolute Gasteiger partial charge is 0.239 e. The number of allylic oxidation sites excluding steroid dienone is 4. The van der Waals surface area contributed by atoms with E-state index in [0.29, 0.717) is 11.8 Å². The zero-order valence-electron chi connectivity index (χ0n) is 18.4. The molecule has 166 valence electrons. The molecule has 1 amide bonds. The number of carbonyl (C=O) groups is 1. The Morgan fingerprint density at radius 2 is 2.07 bits per heavy atom. The first kappa shape index (κ1) is 23.2. The Morgan fingerprint density at radius 1 is 1.30 bits per heavy atom. The molecule has 30 heavy (non-hydrogen) atoms. The summed E-state index contributed by atoms with van der Waals surface area (Å²) in [6, 6.07) is -0.315. The molecule has 0 radical (unpaired) electrons. The fraction of sp³-hybridized carbons (Fsp3) is 0.708. The minimum absolute atomic E-state index is 0.151. The summed E-state index contributed by atoms with van der Waals surface area (Å²) in [7, 11) is 0. The van der Waals surface area contributed by atoms with Crippen molar-refractivity contribution in [3.05, 3.63) is 39.8 Å². The molecule has 6 heteroatoms. The highest BCUT2D eigenvalue weighted by Crippen LogP contribution is 2.32. The van der Waals surface area contributed by atoms with Gasteiger partial charge in [-0.25, -0.2) is 0 Å². The highest BCUT2D eigenvalue weighted by Gasteiger charge is 2.32. The second kappa shape index (κ2) is 11.2. The topological polar surface area (TPSA) is 61.8 Å². The number of nitroso groups, excluding NO2 is 1. The number of amides is 1. The van der Waals surface area contributed by atoms with Gasteiger partial charge in [-0.3, -0.25) is 4.79 Å². The molecule has 1 aliphatic heterocycles. The van der Waals surface area contributed by atoms with Gasteiger partial charge in [0.15, 0.2) is 0 Å². The van der Waals surface area contributed by atoms with Gasteiger partial charge in [0.05, 0.1) is 6.04 Å². The Labute approximate surface area is 186 Å². The van der Waals surface area contributed by atoms with Gasteiger partial charge in [-0.2, -0.15) is 4.91 Å². The van der Waals surface area contributed by atoms with Gasteiger partial charge >= 0.3 is 0 Å². The van der Waals surface area contributed by atoms with Crippen molar-refractivity contribution in [3.63, 3.8) is 0 Å². The minimum atomic E-state index is -0.164. The van der Waals surface area contributed by atoms with Crippen LogP contribution in [0.3, 0.4) is 0 Å². The van der Waals surface area contributed by atoms with Gasteiger partial charge in [-0.05, 0) is 75.3 Å². The molecular weight excluding hydrogens is 398 g/mol. The first-order chi connectivity index (χ1) is 14.5. The Bertz CT molecular complexity index is 693. The molecule has 2 aliphatic carbocycles. The van der Waals surface area contributed by atoms with Crippen molar-refractivity contribution in [2.45, 2.75) is 70.9 Å². The summed E-state index contributed by atoms with van der Waals surface area (Å²) < 4.78 is 0. The van der Waals surface area contributed by atoms with Crippen molar-refractivity contribution < 1.29 is 4.79 Å². The van der Waals surface area contributed by atoms with E-state index in [1.54, 1.807) is 0 Å². The lowest BCUT2D eigenvalue weighted by atomic mass is 9.80. The van der Waals surface area contributed by atoms with E-state index in [1.165, 1.54) is 5.57 Å². The first-order valence-corrected chi connectivity index (χ1v) is 11.9. The summed E-state index contributed by atoms with van der Waals surface area (Å²) in [6.45, 7) is 6.67. The molecular formula is C24H36ClN3O2. The summed E-state index contributed by atoms with van der Waals surface area (Å²) >= 11 is 6.05. The summed E-state index contributed by atoms with van der Waals surface area (Å²) in [5.74, 6) is 1.66. The third-order valence-electron chi connectivity index (χ3n) is 6.85. The molecule has 0 bridgehead atoms. The number of nitrogens with one attached hydrogen (secondary N) is 1. The van der Waals surface area contributed by atoms with Gasteiger partial charge in [0.25, 0.3) is 0 Å². The molecule has 3 atom stereocenters. The molecule has 1 N–H and O–H groups in total. The highest BCUT2D eigenvalue weighted by molar-refractivity contribution is 6.31. The van der Waals surface area contributed by atoms with E-state index >= 15 is 0 Å². The number of hydrogen-bond acceptors (Lipinski definition) is 4. The highest BCUT2D eigenvalue weighted by atomic mass is 35.5. The van der Waals surface area contributed by atoms with Crippen molar-refractivity contribution in [1.82, 2.24) is 10.2 Å². The molecule has 0 aromatic rings. The van der Waals surface area contributed by atoms with E-state index in [1.807, 2.05) is 12.2 Å². The predicted molar refractivity (Wildman–Crippen MR) is 123 cm³/mol. The average Bonchev–Trinajstić information content (AvgIpc) is 2.77. The quantitative estimate of drug-likeness (QED) is 0.424. The number of hydrogen-bond donors (Lipinski definition) is 1. The van der Waals surface area contributed by atoms with Gasteiger partial charge in [-0.15, -0.1) is 0 Å². The molecule has 0 aromatic carbocycles. The Morgan fingerprint density at radius 3 is 2.70 bits per heavy atom. The molecule has 3 rings (SSSR count). The maximum absolute atomic E-state index is 13.2. The molecule has 1 fully saturated rings. The van der Waals surface area contributed by atoms with E-state index in [2.05, 4.69) is 41.4 Å². The lowest BCUT2D eigenvalue weighted by Gasteiger charge is -2.38. The van der Waals surface area contributed by atoms with Gasteiger partial charge in [0.2, 0.25) is 5.91 Å². The summed E-state index contributed by atoms with van der Waals surface area (Å²) in [5, 5.41) is 7.52. The van der Waals surface area contributed by atoms with Crippen LogP contribution in [-0.4, -0.2) is 42.5 Å². The summed E-state index contributed by atoms with van der Waals surface area (Å²) in [5.41, 5.74) is 1.30. The van der Waals surface area contributed by atoms with Crippen LogP contribution in [0.1, 0.15) is 58.8 Å². The van der Waals surface area contributed by atoms with E-state index < -0.39 is 0 Å². The van der Waals surface area contributed by atoms with Crippen LogP contribution < -0.4 is 5.32 Å². The van der Waals surface area contributed by atoms with Crippen molar-refractivity contribution in [2.24, 2.45) is 22.9 Å². The molecule has 0 saturated carbocycles. The Kier molecular flexibility index (Phi) is 8.70. The largest absolute Gasteiger partial charge is 0.341 e. The molecule has 0 spiro atoms. The second-order valence-electron chi connectivity index (χ2n) is 9.33. The summed E-state index contributed by atoms with van der Waals surface area (Å²) in [6.07, 6.45) is 15.3. The third kappa shape index (κ3) is 6.27. The van der Waals surface area contributed by atoms with Crippen LogP contribution in [0.25, 0.3) is 0 Å². The Balaban J connectivity index is 1.47. The third-order valence-corrected chi connectivity index (χ3v) is 7.13. The fourth-order valence-corrected chi connectivity index (χ4v) is 5.13.